The van der Waals surface area contributed by atoms with Crippen LogP contribution in [0.3, 0.4) is 0 Å². The summed E-state index contributed by atoms with van der Waals surface area (Å²) in [5.41, 5.74) is -2.04. The number of carbonyl (C=O) groups excluding carboxylic acids is 2. The number of carbonyl (C=O) groups is 2. The van der Waals surface area contributed by atoms with Gasteiger partial charge in [0.1, 0.15) is 5.60 Å². The van der Waals surface area contributed by atoms with Crippen molar-refractivity contribution < 1.29 is 28.5 Å². The zero-order valence-corrected chi connectivity index (χ0v) is 27.5. The van der Waals surface area contributed by atoms with Gasteiger partial charge in [-0.15, -0.1) is 0 Å². The van der Waals surface area contributed by atoms with E-state index in [0.717, 1.165) is 0 Å². The zero-order valence-electron chi connectivity index (χ0n) is 22.9. The van der Waals surface area contributed by atoms with Crippen LogP contribution in [0.15, 0.2) is 48.0 Å². The summed E-state index contributed by atoms with van der Waals surface area (Å²) in [7, 11) is 0. The molecular weight excluding hydrogens is 678 g/mol. The number of hydrogen-bond donors (Lipinski definition) is 0. The highest BCUT2D eigenvalue weighted by atomic mass is 79.9. The average Bonchev–Trinajstić information content (AvgIpc) is 3.32. The van der Waals surface area contributed by atoms with Gasteiger partial charge in [-0.1, -0.05) is 81.4 Å². The van der Waals surface area contributed by atoms with Gasteiger partial charge in [0.2, 0.25) is 0 Å². The van der Waals surface area contributed by atoms with Gasteiger partial charge in [-0.25, -0.2) is 0 Å². The predicted molar refractivity (Wildman–Crippen MR) is 164 cm³/mol. The summed E-state index contributed by atoms with van der Waals surface area (Å²) in [5, 5.41) is 2.19. The lowest BCUT2D eigenvalue weighted by Gasteiger charge is -2.49. The minimum atomic E-state index is -1.32. The zero-order chi connectivity index (χ0) is 30.0. The van der Waals surface area contributed by atoms with Gasteiger partial charge in [-0.2, -0.15) is 0 Å². The Morgan fingerprint density at radius 3 is 1.88 bits per heavy atom. The SMILES string of the molecule is CCOC(CBr)O[C@@]12CC(=O)C=C1C(=O)[C@](C)(COCc1c(Cl)cccc1Cl)[C@]2(C)COCc1c(Cl)cccc1Cl. The molecule has 41 heavy (non-hydrogen) atoms. The van der Waals surface area contributed by atoms with Crippen molar-refractivity contribution in [2.75, 3.05) is 25.2 Å². The van der Waals surface area contributed by atoms with Gasteiger partial charge in [0, 0.05) is 55.2 Å². The van der Waals surface area contributed by atoms with Gasteiger partial charge in [-0.3, -0.25) is 9.59 Å². The Morgan fingerprint density at radius 2 is 1.39 bits per heavy atom. The molecule has 11 heteroatoms. The average molecular weight is 709 g/mol. The Hall–Kier alpha value is -1.00. The van der Waals surface area contributed by atoms with Crippen molar-refractivity contribution >= 4 is 73.9 Å². The van der Waals surface area contributed by atoms with E-state index in [2.05, 4.69) is 15.9 Å². The highest BCUT2D eigenvalue weighted by Gasteiger charge is 2.74. The topological polar surface area (TPSA) is 71.1 Å². The molecule has 0 aromatic heterocycles. The number of alkyl halides is 1. The van der Waals surface area contributed by atoms with E-state index >= 15 is 0 Å². The molecular formula is C30H31BrCl4O6. The largest absolute Gasteiger partial charge is 0.376 e. The van der Waals surface area contributed by atoms with Gasteiger partial charge in [-0.05, 0) is 44.2 Å². The molecule has 0 radical (unpaired) electrons. The van der Waals surface area contributed by atoms with Crippen molar-refractivity contribution in [3.63, 3.8) is 0 Å². The molecule has 4 rings (SSSR count). The molecule has 6 nitrogen and oxygen atoms in total. The van der Waals surface area contributed by atoms with Crippen LogP contribution >= 0.6 is 62.3 Å². The molecule has 0 saturated heterocycles. The van der Waals surface area contributed by atoms with E-state index in [1.165, 1.54) is 6.08 Å². The fourth-order valence-corrected chi connectivity index (χ4v) is 7.05. The monoisotopic (exact) mass is 706 g/mol. The second-order valence-corrected chi connectivity index (χ2v) is 12.8. The molecule has 0 amide bonds. The highest BCUT2D eigenvalue weighted by Crippen LogP contribution is 2.64. The number of Topliss-reactive ketones (excluding diaryl/α,β-unsaturated/α-hetero) is 1. The number of fused-ring (bicyclic) bond motifs is 1. The third kappa shape index (κ3) is 6.04. The summed E-state index contributed by atoms with van der Waals surface area (Å²) in [6.07, 6.45) is 0.631. The maximum Gasteiger partial charge on any atom is 0.170 e. The number of ether oxygens (including phenoxy) is 4. The standard InChI is InChI=1S/C30H31BrCl4O6/c1-4-40-26(13-31)41-30-12-18(36)11-21(30)27(37)28(2,16-38-14-19-22(32)7-5-8-23(19)33)29(30,3)17-39-15-20-24(34)9-6-10-25(20)35/h5-11,26H,4,12-17H2,1-3H3/t26?,28-,29-,30-/m0/s1. The number of allylic oxidation sites excluding steroid dienone is 1. The van der Waals surface area contributed by atoms with E-state index < -0.39 is 22.7 Å². The lowest BCUT2D eigenvalue weighted by Crippen LogP contribution is -2.57. The third-order valence-electron chi connectivity index (χ3n) is 8.23. The molecule has 2 aliphatic rings. The van der Waals surface area contributed by atoms with E-state index in [9.17, 15) is 9.59 Å². The lowest BCUT2D eigenvalue weighted by atomic mass is 9.62. The number of halogens is 5. The van der Waals surface area contributed by atoms with Crippen LogP contribution in [0.25, 0.3) is 0 Å². The van der Waals surface area contributed by atoms with E-state index in [4.69, 9.17) is 65.4 Å². The summed E-state index contributed by atoms with van der Waals surface area (Å²) in [4.78, 5) is 27.1. The van der Waals surface area contributed by atoms with Crippen LogP contribution in [-0.4, -0.2) is 48.6 Å². The Morgan fingerprint density at radius 1 is 0.878 bits per heavy atom. The van der Waals surface area contributed by atoms with Crippen LogP contribution in [0.1, 0.15) is 38.3 Å². The fraction of sp³-hybridized carbons (Fsp3) is 0.467. The normalized spacial score (nSPS) is 26.4. The fourth-order valence-electron chi connectivity index (χ4n) is 5.72. The van der Waals surface area contributed by atoms with Crippen LogP contribution in [0.5, 0.6) is 0 Å². The van der Waals surface area contributed by atoms with Gasteiger partial charge >= 0.3 is 0 Å². The smallest absolute Gasteiger partial charge is 0.170 e. The number of ketones is 2. The van der Waals surface area contributed by atoms with Crippen LogP contribution in [-0.2, 0) is 41.8 Å². The molecule has 0 spiro atoms. The van der Waals surface area contributed by atoms with E-state index in [1.54, 1.807) is 36.4 Å². The highest BCUT2D eigenvalue weighted by molar-refractivity contribution is 9.09. The first kappa shape index (κ1) is 32.9. The Balaban J connectivity index is 1.71. The van der Waals surface area contributed by atoms with E-state index in [-0.39, 0.29) is 50.0 Å². The minimum Gasteiger partial charge on any atom is -0.376 e. The van der Waals surface area contributed by atoms with Crippen molar-refractivity contribution in [3.05, 3.63) is 79.3 Å². The Bertz CT molecular complexity index is 1310. The molecule has 0 aliphatic heterocycles. The summed E-state index contributed by atoms with van der Waals surface area (Å²) < 4.78 is 24.8. The molecule has 0 bridgehead atoms. The Kier molecular flexibility index (Phi) is 10.7. The molecule has 0 heterocycles. The molecule has 1 fully saturated rings. The van der Waals surface area contributed by atoms with Crippen molar-refractivity contribution in [2.45, 2.75) is 52.3 Å². The van der Waals surface area contributed by atoms with E-state index in [0.29, 0.717) is 43.2 Å². The molecule has 2 aromatic rings. The molecule has 2 aromatic carbocycles. The maximum atomic E-state index is 14.2. The van der Waals surface area contributed by atoms with Crippen LogP contribution in [0, 0.1) is 10.8 Å². The molecule has 4 atom stereocenters. The van der Waals surface area contributed by atoms with E-state index in [1.807, 2.05) is 20.8 Å². The van der Waals surface area contributed by atoms with Crippen LogP contribution in [0.4, 0.5) is 0 Å². The number of hydrogen-bond acceptors (Lipinski definition) is 6. The first-order valence-corrected chi connectivity index (χ1v) is 15.7. The summed E-state index contributed by atoms with van der Waals surface area (Å²) in [6, 6.07) is 10.4. The minimum absolute atomic E-state index is 0.00957. The Labute approximate surface area is 268 Å². The van der Waals surface area contributed by atoms with Crippen molar-refractivity contribution in [3.8, 4) is 0 Å². The summed E-state index contributed by atoms with van der Waals surface area (Å²) >= 11 is 28.9. The second kappa shape index (κ2) is 13.3. The van der Waals surface area contributed by atoms with Gasteiger partial charge in [0.05, 0.1) is 37.2 Å². The molecule has 1 unspecified atom stereocenters. The first-order valence-electron chi connectivity index (χ1n) is 13.1. The molecule has 0 N–H and O–H groups in total. The van der Waals surface area contributed by atoms with Gasteiger partial charge in [0.15, 0.2) is 17.9 Å². The number of rotatable bonds is 13. The van der Waals surface area contributed by atoms with Crippen molar-refractivity contribution in [1.29, 1.82) is 0 Å². The second-order valence-electron chi connectivity index (χ2n) is 10.6. The van der Waals surface area contributed by atoms with Gasteiger partial charge < -0.3 is 18.9 Å². The maximum absolute atomic E-state index is 14.2. The van der Waals surface area contributed by atoms with Crippen molar-refractivity contribution in [2.24, 2.45) is 10.8 Å². The predicted octanol–water partition coefficient (Wildman–Crippen LogP) is 8.04. The summed E-state index contributed by atoms with van der Waals surface area (Å²) in [6.45, 7) is 6.12. The molecule has 2 aliphatic carbocycles. The third-order valence-corrected chi connectivity index (χ3v) is 10.2. The van der Waals surface area contributed by atoms with Crippen LogP contribution < -0.4 is 0 Å². The summed E-state index contributed by atoms with van der Waals surface area (Å²) in [5.74, 6) is -0.454. The lowest BCUT2D eigenvalue weighted by molar-refractivity contribution is -0.239. The molecule has 222 valence electrons. The van der Waals surface area contributed by atoms with Crippen LogP contribution in [0.2, 0.25) is 20.1 Å². The quantitative estimate of drug-likeness (QED) is 0.155. The van der Waals surface area contributed by atoms with Crippen molar-refractivity contribution in [1.82, 2.24) is 0 Å². The number of benzene rings is 2. The molecule has 1 saturated carbocycles. The first-order chi connectivity index (χ1) is 19.4. The van der Waals surface area contributed by atoms with Gasteiger partial charge in [0.25, 0.3) is 0 Å².